The van der Waals surface area contributed by atoms with Crippen LogP contribution in [0.4, 0.5) is 5.82 Å². The van der Waals surface area contributed by atoms with Crippen molar-refractivity contribution in [1.29, 1.82) is 5.26 Å². The number of nitriles is 1. The highest BCUT2D eigenvalue weighted by molar-refractivity contribution is 6.00. The average Bonchev–Trinajstić information content (AvgIpc) is 3.42. The van der Waals surface area contributed by atoms with Crippen molar-refractivity contribution in [2.24, 2.45) is 0 Å². The molecule has 186 valence electrons. The van der Waals surface area contributed by atoms with Gasteiger partial charge in [-0.25, -0.2) is 9.67 Å². The third-order valence-electron chi connectivity index (χ3n) is 6.39. The smallest absolute Gasteiger partial charge is 0.257 e. The number of hydrogen-bond acceptors (Lipinski definition) is 7. The maximum atomic E-state index is 13.8. The second-order valence-corrected chi connectivity index (χ2v) is 8.54. The second-order valence-electron chi connectivity index (χ2n) is 8.54. The van der Waals surface area contributed by atoms with Crippen LogP contribution in [0.3, 0.4) is 0 Å². The zero-order valence-corrected chi connectivity index (χ0v) is 20.7. The van der Waals surface area contributed by atoms with Crippen molar-refractivity contribution in [3.8, 4) is 34.5 Å². The maximum Gasteiger partial charge on any atom is 0.257 e. The van der Waals surface area contributed by atoms with E-state index in [0.29, 0.717) is 54.5 Å². The highest BCUT2D eigenvalue weighted by Crippen LogP contribution is 2.34. The molecule has 1 fully saturated rings. The van der Waals surface area contributed by atoms with E-state index in [1.54, 1.807) is 43.4 Å². The molecule has 0 spiro atoms. The summed E-state index contributed by atoms with van der Waals surface area (Å²) in [5, 5.41) is 14.0. The lowest BCUT2D eigenvalue weighted by Gasteiger charge is -2.35. The number of pyridine rings is 1. The molecule has 0 N–H and O–H groups in total. The fraction of sp³-hybridized carbons (Fsp3) is 0.214. The Kier molecular flexibility index (Phi) is 6.72. The van der Waals surface area contributed by atoms with Crippen LogP contribution in [-0.4, -0.2) is 66.0 Å². The minimum absolute atomic E-state index is 0.0923. The van der Waals surface area contributed by atoms with Gasteiger partial charge in [-0.2, -0.15) is 10.4 Å². The largest absolute Gasteiger partial charge is 0.493 e. The topological polar surface area (TPSA) is 96.5 Å². The van der Waals surface area contributed by atoms with Crippen LogP contribution in [0.1, 0.15) is 15.9 Å². The van der Waals surface area contributed by atoms with E-state index >= 15 is 0 Å². The molecule has 3 heterocycles. The first-order valence-corrected chi connectivity index (χ1v) is 11.9. The van der Waals surface area contributed by atoms with Crippen molar-refractivity contribution >= 4 is 11.7 Å². The number of amides is 1. The Hall–Kier alpha value is -4.84. The summed E-state index contributed by atoms with van der Waals surface area (Å²) in [6.07, 6.45) is 3.42. The third kappa shape index (κ3) is 4.82. The Morgan fingerprint density at radius 1 is 0.946 bits per heavy atom. The quantitative estimate of drug-likeness (QED) is 0.402. The maximum absolute atomic E-state index is 13.8. The van der Waals surface area contributed by atoms with Gasteiger partial charge in [-0.1, -0.05) is 18.2 Å². The van der Waals surface area contributed by atoms with E-state index in [4.69, 9.17) is 14.6 Å². The van der Waals surface area contributed by atoms with Crippen LogP contribution in [-0.2, 0) is 0 Å². The molecule has 0 bridgehead atoms. The van der Waals surface area contributed by atoms with E-state index in [2.05, 4.69) is 16.0 Å². The molecule has 1 aliphatic heterocycles. The molecule has 1 amide bonds. The van der Waals surface area contributed by atoms with Crippen LogP contribution in [0.5, 0.6) is 11.5 Å². The fourth-order valence-electron chi connectivity index (χ4n) is 4.41. The zero-order chi connectivity index (χ0) is 25.8. The van der Waals surface area contributed by atoms with Gasteiger partial charge in [-0.15, -0.1) is 0 Å². The minimum Gasteiger partial charge on any atom is -0.493 e. The minimum atomic E-state index is -0.0923. The van der Waals surface area contributed by atoms with E-state index in [1.165, 1.54) is 0 Å². The van der Waals surface area contributed by atoms with E-state index in [1.807, 2.05) is 53.4 Å². The van der Waals surface area contributed by atoms with Crippen LogP contribution in [0.15, 0.2) is 73.1 Å². The number of hydrogen-bond donors (Lipinski definition) is 0. The third-order valence-corrected chi connectivity index (χ3v) is 6.39. The number of rotatable bonds is 6. The van der Waals surface area contributed by atoms with Crippen molar-refractivity contribution in [3.05, 3.63) is 84.2 Å². The number of para-hydroxylation sites is 1. The number of methoxy groups -OCH3 is 2. The molecule has 1 aliphatic rings. The van der Waals surface area contributed by atoms with Gasteiger partial charge in [0, 0.05) is 44.1 Å². The molecule has 2 aromatic heterocycles. The van der Waals surface area contributed by atoms with E-state index in [0.717, 1.165) is 17.1 Å². The summed E-state index contributed by atoms with van der Waals surface area (Å²) in [5.41, 5.74) is 3.26. The Bertz CT molecular complexity index is 1450. The number of nitrogens with zero attached hydrogens (tertiary/aromatic N) is 6. The van der Waals surface area contributed by atoms with Crippen molar-refractivity contribution < 1.29 is 14.3 Å². The predicted octanol–water partition coefficient (Wildman–Crippen LogP) is 3.79. The van der Waals surface area contributed by atoms with Crippen LogP contribution in [0, 0.1) is 11.3 Å². The second kappa shape index (κ2) is 10.4. The molecule has 2 aromatic carbocycles. The van der Waals surface area contributed by atoms with Gasteiger partial charge < -0.3 is 19.3 Å². The highest BCUT2D eigenvalue weighted by Gasteiger charge is 2.27. The van der Waals surface area contributed by atoms with E-state index in [-0.39, 0.29) is 5.91 Å². The number of carbonyl (C=O) groups is 1. The number of aromatic nitrogens is 3. The van der Waals surface area contributed by atoms with Gasteiger partial charge in [0.2, 0.25) is 0 Å². The predicted molar refractivity (Wildman–Crippen MR) is 139 cm³/mol. The first kappa shape index (κ1) is 23.9. The summed E-state index contributed by atoms with van der Waals surface area (Å²) in [5.74, 6) is 1.82. The molecule has 4 aromatic rings. The average molecular weight is 495 g/mol. The van der Waals surface area contributed by atoms with Crippen LogP contribution in [0.25, 0.3) is 16.9 Å². The number of benzene rings is 2. The lowest BCUT2D eigenvalue weighted by molar-refractivity contribution is 0.0747. The van der Waals surface area contributed by atoms with Crippen LogP contribution < -0.4 is 14.4 Å². The Morgan fingerprint density at radius 3 is 2.41 bits per heavy atom. The standard InChI is InChI=1S/C28H26N6O3/c1-36-24-9-8-21(17-25(24)37-2)27-23(19-34(31-27)22-6-4-3-5-7-22)28(35)33-14-12-32(13-15-33)26-16-20(18-29)10-11-30-26/h3-11,16-17,19H,12-15H2,1-2H3. The van der Waals surface area contributed by atoms with E-state index in [9.17, 15) is 10.1 Å². The summed E-state index contributed by atoms with van der Waals surface area (Å²) >= 11 is 0. The Morgan fingerprint density at radius 2 is 1.70 bits per heavy atom. The van der Waals surface area contributed by atoms with Crippen LogP contribution in [0.2, 0.25) is 0 Å². The van der Waals surface area contributed by atoms with Crippen molar-refractivity contribution in [2.75, 3.05) is 45.3 Å². The van der Waals surface area contributed by atoms with Crippen molar-refractivity contribution in [2.45, 2.75) is 0 Å². The number of anilines is 1. The molecule has 0 atom stereocenters. The zero-order valence-electron chi connectivity index (χ0n) is 20.7. The van der Waals surface area contributed by atoms with Gasteiger partial charge in [-0.05, 0) is 42.5 Å². The molecule has 0 aliphatic carbocycles. The fourth-order valence-corrected chi connectivity index (χ4v) is 4.41. The van der Waals surface area contributed by atoms with E-state index < -0.39 is 0 Å². The Labute approximate surface area is 215 Å². The summed E-state index contributed by atoms with van der Waals surface area (Å²) in [4.78, 5) is 22.1. The molecule has 9 heteroatoms. The van der Waals surface area contributed by atoms with Crippen molar-refractivity contribution in [3.63, 3.8) is 0 Å². The van der Waals surface area contributed by atoms with Gasteiger partial charge in [-0.3, -0.25) is 4.79 Å². The van der Waals surface area contributed by atoms with Gasteiger partial charge in [0.25, 0.3) is 5.91 Å². The summed E-state index contributed by atoms with van der Waals surface area (Å²) < 4.78 is 12.6. The molecule has 1 saturated heterocycles. The number of piperazine rings is 1. The van der Waals surface area contributed by atoms with Gasteiger partial charge in [0.05, 0.1) is 37.1 Å². The molecule has 37 heavy (non-hydrogen) atoms. The van der Waals surface area contributed by atoms with Crippen molar-refractivity contribution in [1.82, 2.24) is 19.7 Å². The number of carbonyl (C=O) groups excluding carboxylic acids is 1. The molecule has 5 rings (SSSR count). The normalized spacial score (nSPS) is 13.2. The van der Waals surface area contributed by atoms with Gasteiger partial charge in [0.15, 0.2) is 11.5 Å². The molecule has 9 nitrogen and oxygen atoms in total. The Balaban J connectivity index is 1.45. The van der Waals surface area contributed by atoms with Crippen LogP contribution >= 0.6 is 0 Å². The first-order valence-electron chi connectivity index (χ1n) is 11.9. The SMILES string of the molecule is COc1ccc(-c2nn(-c3ccccc3)cc2C(=O)N2CCN(c3cc(C#N)ccn3)CC2)cc1OC. The molecular formula is C28H26N6O3. The summed E-state index contributed by atoms with van der Waals surface area (Å²) in [7, 11) is 3.17. The monoisotopic (exact) mass is 494 g/mol. The molecular weight excluding hydrogens is 468 g/mol. The lowest BCUT2D eigenvalue weighted by atomic mass is 10.1. The summed E-state index contributed by atoms with van der Waals surface area (Å²) in [6, 6.07) is 20.8. The number of ether oxygens (including phenoxy) is 2. The highest BCUT2D eigenvalue weighted by atomic mass is 16.5. The molecule has 0 radical (unpaired) electrons. The lowest BCUT2D eigenvalue weighted by Crippen LogP contribution is -2.49. The van der Waals surface area contributed by atoms with Gasteiger partial charge in [0.1, 0.15) is 11.5 Å². The molecule has 0 unspecified atom stereocenters. The summed E-state index contributed by atoms with van der Waals surface area (Å²) in [6.45, 7) is 2.29. The first-order chi connectivity index (χ1) is 18.1. The molecule has 0 saturated carbocycles. The van der Waals surface area contributed by atoms with Gasteiger partial charge >= 0.3 is 0 Å².